The van der Waals surface area contributed by atoms with Crippen LogP contribution in [0.15, 0.2) is 10.6 Å². The van der Waals surface area contributed by atoms with Crippen molar-refractivity contribution in [3.05, 3.63) is 17.2 Å². The Balaban J connectivity index is 1.98. The molecule has 0 radical (unpaired) electrons. The van der Waals surface area contributed by atoms with Crippen LogP contribution in [0.25, 0.3) is 11.0 Å². The SMILES string of the molecule is CC(=O)SC(C)CNc1noc2c(C#N)c(N3CCOC(C)C3)c(C=O)cc12. The number of aldehydes is 1. The van der Waals surface area contributed by atoms with Gasteiger partial charge < -0.3 is 19.5 Å². The van der Waals surface area contributed by atoms with Gasteiger partial charge >= 0.3 is 0 Å². The minimum Gasteiger partial charge on any atom is -0.375 e. The summed E-state index contributed by atoms with van der Waals surface area (Å²) in [6.07, 6.45) is 0.753. The Bertz CT molecular complexity index is 936. The molecule has 28 heavy (non-hydrogen) atoms. The summed E-state index contributed by atoms with van der Waals surface area (Å²) in [5.41, 5.74) is 1.61. The number of aromatic nitrogens is 1. The third-order valence-electron chi connectivity index (χ3n) is 4.49. The van der Waals surface area contributed by atoms with Gasteiger partial charge in [-0.2, -0.15) is 5.26 Å². The van der Waals surface area contributed by atoms with E-state index in [4.69, 9.17) is 9.26 Å². The Hall–Kier alpha value is -2.57. The van der Waals surface area contributed by atoms with E-state index in [2.05, 4.69) is 16.5 Å². The van der Waals surface area contributed by atoms with E-state index in [-0.39, 0.29) is 16.5 Å². The van der Waals surface area contributed by atoms with Gasteiger partial charge in [-0.25, -0.2) is 0 Å². The Morgan fingerprint density at radius 3 is 3.04 bits per heavy atom. The number of hydrogen-bond donors (Lipinski definition) is 1. The number of nitrogens with one attached hydrogen (secondary N) is 1. The lowest BCUT2D eigenvalue weighted by atomic mass is 10.0. The fourth-order valence-corrected chi connectivity index (χ4v) is 4.07. The number of nitriles is 1. The molecule has 0 spiro atoms. The van der Waals surface area contributed by atoms with Crippen molar-refractivity contribution in [1.82, 2.24) is 5.16 Å². The monoisotopic (exact) mass is 402 g/mol. The standard InChI is InChI=1S/C19H22N4O4S/c1-11-9-23(4-5-26-11)17-14(10-24)6-15-18(16(17)7-20)27-22-19(15)21-8-12(2)28-13(3)25/h6,10-12H,4-5,8-9H2,1-3H3,(H,21,22). The maximum atomic E-state index is 11.8. The van der Waals surface area contributed by atoms with Crippen LogP contribution in [0, 0.1) is 11.3 Å². The highest BCUT2D eigenvalue weighted by molar-refractivity contribution is 8.14. The molecule has 2 atom stereocenters. The number of ether oxygens (including phenoxy) is 1. The van der Waals surface area contributed by atoms with E-state index in [1.807, 2.05) is 18.7 Å². The first-order valence-electron chi connectivity index (χ1n) is 9.03. The Morgan fingerprint density at radius 1 is 1.61 bits per heavy atom. The summed E-state index contributed by atoms with van der Waals surface area (Å²) >= 11 is 1.23. The molecule has 3 rings (SSSR count). The van der Waals surface area contributed by atoms with Crippen molar-refractivity contribution in [1.29, 1.82) is 5.26 Å². The molecule has 1 N–H and O–H groups in total. The smallest absolute Gasteiger partial charge is 0.189 e. The molecule has 1 fully saturated rings. The number of anilines is 2. The van der Waals surface area contributed by atoms with Crippen LogP contribution in [0.2, 0.25) is 0 Å². The Morgan fingerprint density at radius 2 is 2.39 bits per heavy atom. The summed E-state index contributed by atoms with van der Waals surface area (Å²) in [5, 5.41) is 17.6. The zero-order chi connectivity index (χ0) is 20.3. The van der Waals surface area contributed by atoms with Crippen LogP contribution in [-0.4, -0.2) is 54.2 Å². The Labute approximate surface area is 167 Å². The van der Waals surface area contributed by atoms with E-state index in [0.29, 0.717) is 59.8 Å². The highest BCUT2D eigenvalue weighted by atomic mass is 32.2. The first-order valence-corrected chi connectivity index (χ1v) is 9.91. The van der Waals surface area contributed by atoms with Gasteiger partial charge in [-0.3, -0.25) is 9.59 Å². The molecule has 8 nitrogen and oxygen atoms in total. The maximum absolute atomic E-state index is 11.8. The molecule has 0 aliphatic carbocycles. The molecule has 148 valence electrons. The van der Waals surface area contributed by atoms with Crippen molar-refractivity contribution in [3.63, 3.8) is 0 Å². The highest BCUT2D eigenvalue weighted by Gasteiger charge is 2.26. The van der Waals surface area contributed by atoms with Crippen LogP contribution in [0.4, 0.5) is 11.5 Å². The predicted octanol–water partition coefficient (Wildman–Crippen LogP) is 2.82. The fourth-order valence-electron chi connectivity index (χ4n) is 3.34. The van der Waals surface area contributed by atoms with E-state index < -0.39 is 0 Å². The molecule has 1 aliphatic heterocycles. The maximum Gasteiger partial charge on any atom is 0.189 e. The van der Waals surface area contributed by atoms with Crippen LogP contribution >= 0.6 is 11.8 Å². The molecule has 1 aromatic carbocycles. The summed E-state index contributed by atoms with van der Waals surface area (Å²) in [7, 11) is 0. The first-order chi connectivity index (χ1) is 13.4. The van der Waals surface area contributed by atoms with Gasteiger partial charge in [0.1, 0.15) is 11.6 Å². The average Bonchev–Trinajstić information content (AvgIpc) is 3.06. The second kappa shape index (κ2) is 8.63. The van der Waals surface area contributed by atoms with E-state index in [9.17, 15) is 14.9 Å². The summed E-state index contributed by atoms with van der Waals surface area (Å²) in [4.78, 5) is 25.0. The zero-order valence-electron chi connectivity index (χ0n) is 16.0. The lowest BCUT2D eigenvalue weighted by molar-refractivity contribution is -0.109. The molecule has 2 unspecified atom stereocenters. The first kappa shape index (κ1) is 20.2. The van der Waals surface area contributed by atoms with Gasteiger partial charge in [0.15, 0.2) is 22.8 Å². The minimum atomic E-state index is 0.00251. The molecule has 1 aliphatic rings. The van der Waals surface area contributed by atoms with Crippen molar-refractivity contribution in [2.45, 2.75) is 32.1 Å². The number of fused-ring (bicyclic) bond motifs is 1. The molecule has 1 saturated heterocycles. The van der Waals surface area contributed by atoms with Crippen LogP contribution in [0.1, 0.15) is 36.7 Å². The lowest BCUT2D eigenvalue weighted by Crippen LogP contribution is -2.42. The summed E-state index contributed by atoms with van der Waals surface area (Å²) in [5.74, 6) is 0.451. The highest BCUT2D eigenvalue weighted by Crippen LogP contribution is 2.36. The molecule has 9 heteroatoms. The number of rotatable bonds is 6. The topological polar surface area (TPSA) is 108 Å². The molecular weight excluding hydrogens is 380 g/mol. The van der Waals surface area contributed by atoms with E-state index in [0.717, 1.165) is 6.29 Å². The lowest BCUT2D eigenvalue weighted by Gasteiger charge is -2.34. The second-order valence-corrected chi connectivity index (χ2v) is 8.37. The number of thioether (sulfide) groups is 1. The molecule has 0 amide bonds. The second-order valence-electron chi connectivity index (χ2n) is 6.76. The van der Waals surface area contributed by atoms with Crippen molar-refractivity contribution in [3.8, 4) is 6.07 Å². The molecule has 0 saturated carbocycles. The van der Waals surface area contributed by atoms with Crippen molar-refractivity contribution in [2.24, 2.45) is 0 Å². The van der Waals surface area contributed by atoms with Crippen molar-refractivity contribution in [2.75, 3.05) is 36.5 Å². The van der Waals surface area contributed by atoms with E-state index in [1.54, 1.807) is 6.07 Å². The Kier molecular flexibility index (Phi) is 6.21. The van der Waals surface area contributed by atoms with Crippen LogP contribution in [0.5, 0.6) is 0 Å². The number of carbonyl (C=O) groups excluding carboxylic acids is 2. The molecule has 0 bridgehead atoms. The molecule has 2 aromatic rings. The zero-order valence-corrected chi connectivity index (χ0v) is 16.8. The normalized spacial score (nSPS) is 17.9. The van der Waals surface area contributed by atoms with Gasteiger partial charge in [0, 0.05) is 37.4 Å². The average molecular weight is 402 g/mol. The largest absolute Gasteiger partial charge is 0.375 e. The predicted molar refractivity (Wildman–Crippen MR) is 108 cm³/mol. The number of carbonyl (C=O) groups is 2. The number of benzene rings is 1. The van der Waals surface area contributed by atoms with Crippen LogP contribution in [0.3, 0.4) is 0 Å². The van der Waals surface area contributed by atoms with Gasteiger partial charge in [0.2, 0.25) is 0 Å². The number of nitrogens with zero attached hydrogens (tertiary/aromatic N) is 3. The van der Waals surface area contributed by atoms with Crippen LogP contribution in [-0.2, 0) is 9.53 Å². The van der Waals surface area contributed by atoms with Crippen molar-refractivity contribution >= 4 is 45.6 Å². The van der Waals surface area contributed by atoms with Gasteiger partial charge in [0.05, 0.1) is 23.8 Å². The number of hydrogen-bond acceptors (Lipinski definition) is 9. The minimum absolute atomic E-state index is 0.00251. The van der Waals surface area contributed by atoms with Gasteiger partial charge in [0.25, 0.3) is 0 Å². The van der Waals surface area contributed by atoms with E-state index >= 15 is 0 Å². The molecule has 2 heterocycles. The number of morpholine rings is 1. The third kappa shape index (κ3) is 4.13. The summed E-state index contributed by atoms with van der Waals surface area (Å²) in [6, 6.07) is 3.87. The third-order valence-corrected chi connectivity index (χ3v) is 5.39. The molecular formula is C19H22N4O4S. The van der Waals surface area contributed by atoms with Crippen LogP contribution < -0.4 is 10.2 Å². The van der Waals surface area contributed by atoms with Gasteiger partial charge in [-0.15, -0.1) is 0 Å². The summed E-state index contributed by atoms with van der Waals surface area (Å²) < 4.78 is 11.0. The van der Waals surface area contributed by atoms with Crippen molar-refractivity contribution < 1.29 is 18.8 Å². The fraction of sp³-hybridized carbons (Fsp3) is 0.474. The quantitative estimate of drug-likeness (QED) is 0.729. The summed E-state index contributed by atoms with van der Waals surface area (Å²) in [6.45, 7) is 7.59. The van der Waals surface area contributed by atoms with Gasteiger partial charge in [-0.1, -0.05) is 23.8 Å². The van der Waals surface area contributed by atoms with Gasteiger partial charge in [-0.05, 0) is 13.0 Å². The van der Waals surface area contributed by atoms with E-state index in [1.165, 1.54) is 18.7 Å². The molecule has 1 aromatic heterocycles.